The van der Waals surface area contributed by atoms with Crippen molar-refractivity contribution in [2.75, 3.05) is 40.3 Å². The van der Waals surface area contributed by atoms with Crippen molar-refractivity contribution in [1.29, 1.82) is 0 Å². The van der Waals surface area contributed by atoms with E-state index in [0.29, 0.717) is 33.7 Å². The van der Waals surface area contributed by atoms with Crippen LogP contribution in [0.2, 0.25) is 6.82 Å². The number of hydrogen-bond donors (Lipinski definition) is 2. The smallest absolute Gasteiger partial charge is 0.416 e. The highest BCUT2D eigenvalue weighted by molar-refractivity contribution is 6.45. The topological polar surface area (TPSA) is 64.6 Å². The minimum absolute atomic E-state index is 0.00140. The van der Waals surface area contributed by atoms with Crippen molar-refractivity contribution in [3.8, 4) is 17.1 Å². The number of imidazole rings is 1. The van der Waals surface area contributed by atoms with E-state index in [1.54, 1.807) is 20.0 Å². The van der Waals surface area contributed by atoms with Gasteiger partial charge in [0.15, 0.2) is 0 Å². The fourth-order valence-corrected chi connectivity index (χ4v) is 4.55. The van der Waals surface area contributed by atoms with E-state index in [4.69, 9.17) is 4.74 Å². The SMILES string of the molecule is COc1ccccc1-c1nc2cc(C(F)(F)F)cc(C3CCN(CCN(C)B(C)O)CC3)c2[nH]1. The Morgan fingerprint density at radius 2 is 1.94 bits per heavy atom. The minimum Gasteiger partial charge on any atom is -0.496 e. The summed E-state index contributed by atoms with van der Waals surface area (Å²) in [5.74, 6) is 1.10. The van der Waals surface area contributed by atoms with E-state index in [0.717, 1.165) is 45.1 Å². The molecule has 1 fully saturated rings. The van der Waals surface area contributed by atoms with Crippen LogP contribution in [0.5, 0.6) is 5.75 Å². The molecule has 0 atom stereocenters. The molecule has 0 radical (unpaired) electrons. The zero-order valence-electron chi connectivity index (χ0n) is 19.7. The number of nitrogens with one attached hydrogen (secondary N) is 1. The molecule has 1 aliphatic rings. The summed E-state index contributed by atoms with van der Waals surface area (Å²) in [5.41, 5.74) is 1.67. The molecule has 6 nitrogen and oxygen atoms in total. The van der Waals surface area contributed by atoms with Gasteiger partial charge < -0.3 is 24.5 Å². The first-order chi connectivity index (χ1) is 16.2. The summed E-state index contributed by atoms with van der Waals surface area (Å²) < 4.78 is 46.6. The van der Waals surface area contributed by atoms with Crippen LogP contribution in [0.4, 0.5) is 13.2 Å². The van der Waals surface area contributed by atoms with E-state index in [1.165, 1.54) is 6.07 Å². The van der Waals surface area contributed by atoms with Gasteiger partial charge in [-0.15, -0.1) is 0 Å². The van der Waals surface area contributed by atoms with Crippen molar-refractivity contribution in [3.63, 3.8) is 0 Å². The molecule has 1 aliphatic heterocycles. The van der Waals surface area contributed by atoms with Crippen LogP contribution in [-0.4, -0.2) is 72.1 Å². The fraction of sp³-hybridized carbons (Fsp3) is 0.458. The number of methoxy groups -OCH3 is 1. The predicted octanol–water partition coefficient (Wildman–Crippen LogP) is 4.48. The van der Waals surface area contributed by atoms with Crippen LogP contribution in [0.1, 0.15) is 29.9 Å². The summed E-state index contributed by atoms with van der Waals surface area (Å²) in [6.07, 6.45) is -2.92. The largest absolute Gasteiger partial charge is 0.496 e. The van der Waals surface area contributed by atoms with Crippen molar-refractivity contribution in [3.05, 3.63) is 47.5 Å². The zero-order chi connectivity index (χ0) is 24.5. The van der Waals surface area contributed by atoms with Crippen LogP contribution in [0, 0.1) is 0 Å². The van der Waals surface area contributed by atoms with Crippen molar-refractivity contribution in [2.45, 2.75) is 31.8 Å². The maximum absolute atomic E-state index is 13.7. The second kappa shape index (κ2) is 9.97. The molecule has 2 N–H and O–H groups in total. The van der Waals surface area contributed by atoms with E-state index in [9.17, 15) is 18.2 Å². The van der Waals surface area contributed by atoms with Gasteiger partial charge >= 0.3 is 13.2 Å². The van der Waals surface area contributed by atoms with Crippen LogP contribution in [0.15, 0.2) is 36.4 Å². The highest BCUT2D eigenvalue weighted by Crippen LogP contribution is 2.39. The van der Waals surface area contributed by atoms with Crippen molar-refractivity contribution >= 4 is 18.1 Å². The van der Waals surface area contributed by atoms with Crippen LogP contribution in [-0.2, 0) is 6.18 Å². The molecule has 0 amide bonds. The van der Waals surface area contributed by atoms with Crippen molar-refractivity contribution in [1.82, 2.24) is 19.7 Å². The predicted molar refractivity (Wildman–Crippen MR) is 128 cm³/mol. The van der Waals surface area contributed by atoms with Gasteiger partial charge in [0.05, 0.1) is 29.3 Å². The Kier molecular flexibility index (Phi) is 7.21. The molecule has 34 heavy (non-hydrogen) atoms. The van der Waals surface area contributed by atoms with Gasteiger partial charge in [0, 0.05) is 13.1 Å². The molecule has 1 saturated heterocycles. The number of fused-ring (bicyclic) bond motifs is 1. The third kappa shape index (κ3) is 5.24. The van der Waals surface area contributed by atoms with E-state index in [1.807, 2.05) is 30.1 Å². The Morgan fingerprint density at radius 1 is 1.24 bits per heavy atom. The number of halogens is 3. The first-order valence-corrected chi connectivity index (χ1v) is 11.5. The molecule has 4 rings (SSSR count). The van der Waals surface area contributed by atoms with Crippen LogP contribution < -0.4 is 4.74 Å². The summed E-state index contributed by atoms with van der Waals surface area (Å²) in [6, 6.07) is 9.73. The summed E-state index contributed by atoms with van der Waals surface area (Å²) >= 11 is 0. The van der Waals surface area contributed by atoms with Crippen LogP contribution in [0.3, 0.4) is 0 Å². The number of H-pyrrole nitrogens is 1. The lowest BCUT2D eigenvalue weighted by molar-refractivity contribution is -0.137. The fourth-order valence-electron chi connectivity index (χ4n) is 4.55. The Hall–Kier alpha value is -2.56. The maximum Gasteiger partial charge on any atom is 0.416 e. The second-order valence-electron chi connectivity index (χ2n) is 8.97. The standard InChI is InChI=1S/C24H30BF3N4O2/c1-25(33)31(2)12-13-32-10-8-16(9-11-32)19-14-17(24(26,27)28)15-20-22(19)30-23(29-20)18-6-4-5-7-21(18)34-3/h4-7,14-16,33H,8-13H2,1-3H3,(H,29,30). The minimum atomic E-state index is -4.45. The van der Waals surface area contributed by atoms with E-state index in [2.05, 4.69) is 14.9 Å². The molecule has 0 spiro atoms. The van der Waals surface area contributed by atoms with E-state index >= 15 is 0 Å². The van der Waals surface area contributed by atoms with Crippen molar-refractivity contribution < 1.29 is 22.9 Å². The number of likely N-dealkylation sites (N-methyl/N-ethyl adjacent to an activating group) is 1. The number of aromatic nitrogens is 2. The van der Waals surface area contributed by atoms with Crippen LogP contribution >= 0.6 is 0 Å². The number of benzene rings is 2. The Labute approximate surface area is 197 Å². The molecule has 0 bridgehead atoms. The molecule has 3 aromatic rings. The monoisotopic (exact) mass is 474 g/mol. The number of hydrogen-bond acceptors (Lipinski definition) is 5. The Morgan fingerprint density at radius 3 is 2.59 bits per heavy atom. The number of ether oxygens (including phenoxy) is 1. The summed E-state index contributed by atoms with van der Waals surface area (Å²) in [7, 11) is 2.92. The average Bonchev–Trinajstić information content (AvgIpc) is 3.25. The average molecular weight is 474 g/mol. The van der Waals surface area contributed by atoms with Gasteiger partial charge in [-0.1, -0.05) is 12.1 Å². The number of likely N-dealkylation sites (tertiary alicyclic amines) is 1. The molecular formula is C24H30BF3N4O2. The van der Waals surface area contributed by atoms with Gasteiger partial charge in [0.25, 0.3) is 0 Å². The van der Waals surface area contributed by atoms with E-state index in [-0.39, 0.29) is 5.92 Å². The maximum atomic E-state index is 13.7. The highest BCUT2D eigenvalue weighted by atomic mass is 19.4. The van der Waals surface area contributed by atoms with Gasteiger partial charge in [-0.2, -0.15) is 13.2 Å². The summed E-state index contributed by atoms with van der Waals surface area (Å²) in [6.45, 7) is 4.87. The normalized spacial score (nSPS) is 15.9. The van der Waals surface area contributed by atoms with E-state index < -0.39 is 18.8 Å². The second-order valence-corrected chi connectivity index (χ2v) is 8.97. The third-order valence-corrected chi connectivity index (χ3v) is 6.75. The molecule has 10 heteroatoms. The number of piperidine rings is 1. The molecular weight excluding hydrogens is 444 g/mol. The molecule has 0 saturated carbocycles. The van der Waals surface area contributed by atoms with Gasteiger partial charge in [0.2, 0.25) is 0 Å². The first kappa shape index (κ1) is 24.6. The molecule has 0 aliphatic carbocycles. The van der Waals surface area contributed by atoms with Crippen molar-refractivity contribution in [2.24, 2.45) is 0 Å². The summed E-state index contributed by atoms with van der Waals surface area (Å²) in [4.78, 5) is 12.0. The Bertz CT molecular complexity index is 1130. The van der Waals surface area contributed by atoms with Gasteiger partial charge in [-0.3, -0.25) is 0 Å². The van der Waals surface area contributed by atoms with Gasteiger partial charge in [-0.05, 0) is 75.5 Å². The number of para-hydroxylation sites is 1. The van der Waals surface area contributed by atoms with Crippen LogP contribution in [0.25, 0.3) is 22.4 Å². The number of aromatic amines is 1. The zero-order valence-corrected chi connectivity index (χ0v) is 19.7. The number of alkyl halides is 3. The quantitative estimate of drug-likeness (QED) is 0.495. The molecule has 2 aromatic carbocycles. The summed E-state index contributed by atoms with van der Waals surface area (Å²) in [5, 5.41) is 9.65. The number of rotatable bonds is 7. The lowest BCUT2D eigenvalue weighted by Gasteiger charge is -2.33. The molecule has 0 unspecified atom stereocenters. The highest BCUT2D eigenvalue weighted by Gasteiger charge is 2.34. The molecule has 2 heterocycles. The Balaban J connectivity index is 1.63. The van der Waals surface area contributed by atoms with Gasteiger partial charge in [0.1, 0.15) is 11.6 Å². The third-order valence-electron chi connectivity index (χ3n) is 6.75. The lowest BCUT2D eigenvalue weighted by Crippen LogP contribution is -2.42. The number of nitrogens with zero attached hydrogens (tertiary/aromatic N) is 3. The molecule has 182 valence electrons. The van der Waals surface area contributed by atoms with Gasteiger partial charge in [-0.25, -0.2) is 4.98 Å². The lowest BCUT2D eigenvalue weighted by atomic mass is 9.85. The first-order valence-electron chi connectivity index (χ1n) is 11.5. The molecule has 1 aromatic heterocycles.